The van der Waals surface area contributed by atoms with Crippen molar-refractivity contribution in [2.45, 2.75) is 6.42 Å². The first-order valence-corrected chi connectivity index (χ1v) is 5.20. The Hall–Kier alpha value is -1.38. The number of fused-ring (bicyclic) bond motifs is 5. The highest BCUT2D eigenvalue weighted by Gasteiger charge is 2.64. The monoisotopic (exact) mass is 204 g/mol. The zero-order valence-electron chi connectivity index (χ0n) is 8.47. The molecule has 3 aliphatic rings. The molecule has 1 saturated carbocycles. The first-order chi connectivity index (χ1) is 7.20. The lowest BCUT2D eigenvalue weighted by atomic mass is 9.70. The van der Waals surface area contributed by atoms with Crippen LogP contribution in [0.1, 0.15) is 6.42 Å². The summed E-state index contributed by atoms with van der Waals surface area (Å²) in [6.07, 6.45) is 8.35. The van der Waals surface area contributed by atoms with Gasteiger partial charge in [-0.15, -0.1) is 0 Å². The lowest BCUT2D eigenvalue weighted by Gasteiger charge is -2.31. The molecule has 1 fully saturated rings. The fraction of sp³-hybridized carbons (Fsp3) is 0.500. The third kappa shape index (κ3) is 0.822. The fourth-order valence-corrected chi connectivity index (χ4v) is 3.43. The maximum absolute atomic E-state index is 11.9. The molecule has 0 amide bonds. The molecule has 0 aromatic carbocycles. The van der Waals surface area contributed by atoms with Gasteiger partial charge < -0.3 is 4.74 Å². The van der Waals surface area contributed by atoms with Crippen molar-refractivity contribution in [2.24, 2.45) is 23.2 Å². The van der Waals surface area contributed by atoms with Crippen molar-refractivity contribution in [1.29, 1.82) is 0 Å². The second-order valence-corrected chi connectivity index (χ2v) is 4.53. The number of rotatable bonds is 1. The van der Waals surface area contributed by atoms with E-state index >= 15 is 0 Å². The molecule has 0 aromatic heterocycles. The zero-order valence-corrected chi connectivity index (χ0v) is 8.47. The average Bonchev–Trinajstić information content (AvgIpc) is 2.89. The molecule has 0 radical (unpaired) electrons. The summed E-state index contributed by atoms with van der Waals surface area (Å²) in [5.41, 5.74) is -0.675. The summed E-state index contributed by atoms with van der Waals surface area (Å²) < 4.78 is 4.86. The maximum Gasteiger partial charge on any atom is 0.317 e. The van der Waals surface area contributed by atoms with E-state index in [0.29, 0.717) is 0 Å². The SMILES string of the molecule is COC(=O)[C@]12C=CC(=O)[C@H]1[C@H]1C=C[C@@H]2C1. The predicted octanol–water partition coefficient (Wildman–Crippen LogP) is 1.11. The molecule has 3 rings (SSSR count). The number of hydrogen-bond donors (Lipinski definition) is 0. The van der Waals surface area contributed by atoms with Gasteiger partial charge in [0.05, 0.1) is 7.11 Å². The van der Waals surface area contributed by atoms with Crippen molar-refractivity contribution in [1.82, 2.24) is 0 Å². The van der Waals surface area contributed by atoms with Crippen molar-refractivity contribution in [3.05, 3.63) is 24.3 Å². The van der Waals surface area contributed by atoms with E-state index in [1.165, 1.54) is 7.11 Å². The number of allylic oxidation sites excluding steroid dienone is 3. The zero-order chi connectivity index (χ0) is 10.6. The molecular weight excluding hydrogens is 192 g/mol. The molecule has 0 unspecified atom stereocenters. The number of ether oxygens (including phenoxy) is 1. The summed E-state index contributed by atoms with van der Waals surface area (Å²) in [5.74, 6) is 0.0166. The number of carbonyl (C=O) groups excluding carboxylic acids is 2. The number of carbonyl (C=O) groups is 2. The minimum absolute atomic E-state index is 0.0808. The normalized spacial score (nSPS) is 44.9. The van der Waals surface area contributed by atoms with Crippen LogP contribution in [0.25, 0.3) is 0 Å². The van der Waals surface area contributed by atoms with Gasteiger partial charge >= 0.3 is 5.97 Å². The molecule has 3 aliphatic carbocycles. The minimum Gasteiger partial charge on any atom is -0.468 e. The third-order valence-corrected chi connectivity index (χ3v) is 4.04. The second-order valence-electron chi connectivity index (χ2n) is 4.53. The van der Waals surface area contributed by atoms with Crippen LogP contribution in [0.4, 0.5) is 0 Å². The van der Waals surface area contributed by atoms with Crippen molar-refractivity contribution in [2.75, 3.05) is 7.11 Å². The first kappa shape index (κ1) is 8.89. The molecule has 2 bridgehead atoms. The van der Waals surface area contributed by atoms with Gasteiger partial charge in [-0.1, -0.05) is 18.2 Å². The van der Waals surface area contributed by atoms with Gasteiger partial charge in [-0.2, -0.15) is 0 Å². The van der Waals surface area contributed by atoms with E-state index in [1.807, 2.05) is 0 Å². The van der Waals surface area contributed by atoms with E-state index in [-0.39, 0.29) is 29.5 Å². The number of methoxy groups -OCH3 is 1. The van der Waals surface area contributed by atoms with Gasteiger partial charge in [0.15, 0.2) is 5.78 Å². The summed E-state index contributed by atoms with van der Waals surface area (Å²) in [5, 5.41) is 0. The molecule has 78 valence electrons. The van der Waals surface area contributed by atoms with Crippen molar-refractivity contribution in [3.8, 4) is 0 Å². The van der Waals surface area contributed by atoms with Gasteiger partial charge in [0.25, 0.3) is 0 Å². The highest BCUT2D eigenvalue weighted by molar-refractivity contribution is 6.03. The molecular formula is C12H12O3. The Bertz CT molecular complexity index is 407. The lowest BCUT2D eigenvalue weighted by Crippen LogP contribution is -2.41. The Morgan fingerprint density at radius 3 is 3.07 bits per heavy atom. The van der Waals surface area contributed by atoms with Gasteiger partial charge in [0.1, 0.15) is 5.41 Å². The topological polar surface area (TPSA) is 43.4 Å². The van der Waals surface area contributed by atoms with Crippen molar-refractivity contribution < 1.29 is 14.3 Å². The first-order valence-electron chi connectivity index (χ1n) is 5.20. The van der Waals surface area contributed by atoms with Crippen LogP contribution >= 0.6 is 0 Å². The molecule has 0 spiro atoms. The summed E-state index contributed by atoms with van der Waals surface area (Å²) in [6.45, 7) is 0. The summed E-state index contributed by atoms with van der Waals surface area (Å²) in [4.78, 5) is 23.6. The summed E-state index contributed by atoms with van der Waals surface area (Å²) >= 11 is 0. The van der Waals surface area contributed by atoms with Gasteiger partial charge in [0.2, 0.25) is 0 Å². The second kappa shape index (κ2) is 2.60. The Labute approximate surface area is 87.8 Å². The smallest absolute Gasteiger partial charge is 0.317 e. The van der Waals surface area contributed by atoms with Crippen LogP contribution in [0.3, 0.4) is 0 Å². The Morgan fingerprint density at radius 2 is 2.33 bits per heavy atom. The third-order valence-electron chi connectivity index (χ3n) is 4.04. The standard InChI is InChI=1S/C12H12O3/c1-15-11(14)12-5-4-9(13)10(12)7-2-3-8(12)6-7/h2-5,7-8,10H,6H2,1H3/t7-,8+,10+,12-/m0/s1. The van der Waals surface area contributed by atoms with Crippen molar-refractivity contribution >= 4 is 11.8 Å². The van der Waals surface area contributed by atoms with Gasteiger partial charge in [-0.05, 0) is 24.3 Å². The van der Waals surface area contributed by atoms with E-state index in [1.54, 1.807) is 12.2 Å². The van der Waals surface area contributed by atoms with Crippen LogP contribution in [0.5, 0.6) is 0 Å². The van der Waals surface area contributed by atoms with Crippen LogP contribution in [-0.4, -0.2) is 18.9 Å². The van der Waals surface area contributed by atoms with E-state index in [2.05, 4.69) is 12.2 Å². The summed E-state index contributed by atoms with van der Waals surface area (Å²) in [7, 11) is 1.39. The Kier molecular flexibility index (Phi) is 1.54. The maximum atomic E-state index is 11.9. The van der Waals surface area contributed by atoms with Crippen molar-refractivity contribution in [3.63, 3.8) is 0 Å². The molecule has 4 atom stereocenters. The van der Waals surface area contributed by atoms with E-state index in [0.717, 1.165) is 6.42 Å². The molecule has 0 saturated heterocycles. The van der Waals surface area contributed by atoms with Gasteiger partial charge in [-0.3, -0.25) is 9.59 Å². The Balaban J connectivity index is 2.13. The molecule has 0 heterocycles. The Morgan fingerprint density at radius 1 is 1.53 bits per heavy atom. The van der Waals surface area contributed by atoms with E-state index in [9.17, 15) is 9.59 Å². The van der Waals surface area contributed by atoms with Crippen LogP contribution < -0.4 is 0 Å². The largest absolute Gasteiger partial charge is 0.468 e. The van der Waals surface area contributed by atoms with Crippen LogP contribution in [0.2, 0.25) is 0 Å². The van der Waals surface area contributed by atoms with E-state index in [4.69, 9.17) is 4.74 Å². The molecule has 3 nitrogen and oxygen atoms in total. The molecule has 0 N–H and O–H groups in total. The quantitative estimate of drug-likeness (QED) is 0.474. The number of ketones is 1. The van der Waals surface area contributed by atoms with Crippen LogP contribution in [-0.2, 0) is 14.3 Å². The molecule has 3 heteroatoms. The van der Waals surface area contributed by atoms with Crippen LogP contribution in [0.15, 0.2) is 24.3 Å². The van der Waals surface area contributed by atoms with Gasteiger partial charge in [0, 0.05) is 5.92 Å². The average molecular weight is 204 g/mol. The fourth-order valence-electron chi connectivity index (χ4n) is 3.43. The van der Waals surface area contributed by atoms with Crippen LogP contribution in [0, 0.1) is 23.2 Å². The molecule has 0 aromatic rings. The predicted molar refractivity (Wildman–Crippen MR) is 52.8 cm³/mol. The number of hydrogen-bond acceptors (Lipinski definition) is 3. The van der Waals surface area contributed by atoms with Gasteiger partial charge in [-0.25, -0.2) is 0 Å². The number of esters is 1. The lowest BCUT2D eigenvalue weighted by molar-refractivity contribution is -0.154. The van der Waals surface area contributed by atoms with E-state index < -0.39 is 5.41 Å². The molecule has 0 aliphatic heterocycles. The minimum atomic E-state index is -0.675. The molecule has 15 heavy (non-hydrogen) atoms. The highest BCUT2D eigenvalue weighted by atomic mass is 16.5. The summed E-state index contributed by atoms with van der Waals surface area (Å²) in [6, 6.07) is 0. The highest BCUT2D eigenvalue weighted by Crippen LogP contribution is 2.60.